The number of imidazole rings is 1. The van der Waals surface area contributed by atoms with E-state index in [0.717, 1.165) is 44.7 Å². The van der Waals surface area contributed by atoms with Gasteiger partial charge in [-0.2, -0.15) is 0 Å². The molecule has 4 atom stereocenters. The molecular formula is C18H27N5O2. The van der Waals surface area contributed by atoms with Crippen molar-refractivity contribution in [2.75, 3.05) is 19.6 Å². The van der Waals surface area contributed by atoms with Crippen molar-refractivity contribution in [1.82, 2.24) is 25.1 Å². The fourth-order valence-corrected chi connectivity index (χ4v) is 5.11. The first-order valence-corrected chi connectivity index (χ1v) is 9.38. The van der Waals surface area contributed by atoms with E-state index in [0.29, 0.717) is 30.8 Å². The maximum atomic E-state index is 12.6. The molecule has 0 unspecified atom stereocenters. The molecule has 1 aromatic heterocycles. The summed E-state index contributed by atoms with van der Waals surface area (Å²) >= 11 is 0. The first kappa shape index (κ1) is 16.6. The maximum absolute atomic E-state index is 12.6. The summed E-state index contributed by atoms with van der Waals surface area (Å²) in [7, 11) is 0. The molecule has 0 aromatic carbocycles. The van der Waals surface area contributed by atoms with E-state index < -0.39 is 0 Å². The van der Waals surface area contributed by atoms with Gasteiger partial charge in [-0.3, -0.25) is 14.5 Å². The monoisotopic (exact) mass is 345 g/mol. The topological polar surface area (TPSA) is 81.3 Å². The number of amides is 2. The number of piperidine rings is 3. The lowest BCUT2D eigenvalue weighted by molar-refractivity contribution is -0.153. The van der Waals surface area contributed by atoms with Crippen LogP contribution < -0.4 is 5.32 Å². The number of H-pyrrole nitrogens is 1. The summed E-state index contributed by atoms with van der Waals surface area (Å²) in [6.45, 7) is 4.93. The second-order valence-corrected chi connectivity index (χ2v) is 7.75. The number of carbonyl (C=O) groups excluding carboxylic acids is 2. The Balaban J connectivity index is 1.54. The number of aromatic amines is 1. The summed E-state index contributed by atoms with van der Waals surface area (Å²) in [5, 5.41) is 2.96. The number of fused-ring (bicyclic) bond motifs is 4. The van der Waals surface area contributed by atoms with Gasteiger partial charge in [0.25, 0.3) is 0 Å². The van der Waals surface area contributed by atoms with Crippen molar-refractivity contribution in [2.45, 2.75) is 51.2 Å². The Kier molecular flexibility index (Phi) is 4.50. The van der Waals surface area contributed by atoms with Gasteiger partial charge in [-0.25, -0.2) is 4.98 Å². The van der Waals surface area contributed by atoms with Crippen molar-refractivity contribution < 1.29 is 9.59 Å². The van der Waals surface area contributed by atoms with Gasteiger partial charge in [-0.15, -0.1) is 0 Å². The van der Waals surface area contributed by atoms with Crippen molar-refractivity contribution in [1.29, 1.82) is 0 Å². The predicted octanol–water partition coefficient (Wildman–Crippen LogP) is 0.747. The van der Waals surface area contributed by atoms with E-state index in [2.05, 4.69) is 25.1 Å². The SMILES string of the molecule is CC(=O)NC[C@H]1[C@H]2C[C@H](CN(Cc3ncc[nH]3)C2)[C@@H]2CCCC(=O)N21. The quantitative estimate of drug-likeness (QED) is 0.844. The standard InChI is InChI=1S/C18H27N5O2/c1-12(24)21-8-16-14-7-13(15-3-2-4-18(25)23(15)16)9-22(10-14)11-17-19-5-6-20-17/h5-6,13-16H,2-4,7-11H2,1H3,(H,19,20)(H,21,24)/t13-,14+,15+,16+/m1/s1. The van der Waals surface area contributed by atoms with E-state index in [1.807, 2.05) is 6.20 Å². The number of likely N-dealkylation sites (tertiary alicyclic amines) is 1. The van der Waals surface area contributed by atoms with Crippen molar-refractivity contribution >= 4 is 11.8 Å². The Morgan fingerprint density at radius 2 is 2.24 bits per heavy atom. The lowest BCUT2D eigenvalue weighted by atomic mass is 9.72. The summed E-state index contributed by atoms with van der Waals surface area (Å²) in [6.07, 6.45) is 7.55. The Morgan fingerprint density at radius 3 is 3.00 bits per heavy atom. The summed E-state index contributed by atoms with van der Waals surface area (Å²) < 4.78 is 0. The highest BCUT2D eigenvalue weighted by Gasteiger charge is 2.49. The van der Waals surface area contributed by atoms with Gasteiger partial charge in [-0.05, 0) is 31.1 Å². The predicted molar refractivity (Wildman–Crippen MR) is 92.4 cm³/mol. The minimum Gasteiger partial charge on any atom is -0.354 e. The van der Waals surface area contributed by atoms with Gasteiger partial charge < -0.3 is 15.2 Å². The second kappa shape index (κ2) is 6.78. The summed E-state index contributed by atoms with van der Waals surface area (Å²) in [5.74, 6) is 2.20. The molecule has 3 aliphatic rings. The van der Waals surface area contributed by atoms with Gasteiger partial charge in [0.15, 0.2) is 0 Å². The van der Waals surface area contributed by atoms with Crippen LogP contribution in [-0.2, 0) is 16.1 Å². The van der Waals surface area contributed by atoms with Crippen LogP contribution in [0.25, 0.3) is 0 Å². The molecule has 136 valence electrons. The third-order valence-electron chi connectivity index (χ3n) is 6.06. The average Bonchev–Trinajstić information content (AvgIpc) is 3.08. The highest BCUT2D eigenvalue weighted by atomic mass is 16.2. The van der Waals surface area contributed by atoms with Crippen molar-refractivity contribution in [3.05, 3.63) is 18.2 Å². The second-order valence-electron chi connectivity index (χ2n) is 7.75. The Morgan fingerprint density at radius 1 is 1.40 bits per heavy atom. The minimum absolute atomic E-state index is 0.0219. The Labute approximate surface area is 148 Å². The molecule has 4 rings (SSSR count). The smallest absolute Gasteiger partial charge is 0.223 e. The maximum Gasteiger partial charge on any atom is 0.223 e. The van der Waals surface area contributed by atoms with Crippen LogP contribution in [0, 0.1) is 11.8 Å². The largest absolute Gasteiger partial charge is 0.354 e. The third-order valence-corrected chi connectivity index (χ3v) is 6.06. The van der Waals surface area contributed by atoms with Gasteiger partial charge in [0, 0.05) is 51.4 Å². The lowest BCUT2D eigenvalue weighted by Gasteiger charge is -2.56. The molecule has 0 saturated carbocycles. The summed E-state index contributed by atoms with van der Waals surface area (Å²) in [5.41, 5.74) is 0. The van der Waals surface area contributed by atoms with Crippen LogP contribution in [0.5, 0.6) is 0 Å². The van der Waals surface area contributed by atoms with Crippen LogP contribution >= 0.6 is 0 Å². The van der Waals surface area contributed by atoms with Gasteiger partial charge in [-0.1, -0.05) is 0 Å². The molecule has 3 fully saturated rings. The fourth-order valence-electron chi connectivity index (χ4n) is 5.11. The van der Waals surface area contributed by atoms with Gasteiger partial charge in [0.1, 0.15) is 5.82 Å². The van der Waals surface area contributed by atoms with E-state index in [-0.39, 0.29) is 17.9 Å². The molecule has 3 aliphatic heterocycles. The molecule has 0 radical (unpaired) electrons. The van der Waals surface area contributed by atoms with Crippen molar-refractivity contribution in [3.63, 3.8) is 0 Å². The van der Waals surface area contributed by atoms with Gasteiger partial charge >= 0.3 is 0 Å². The highest BCUT2D eigenvalue weighted by molar-refractivity contribution is 5.78. The molecule has 7 heteroatoms. The average molecular weight is 345 g/mol. The summed E-state index contributed by atoms with van der Waals surface area (Å²) in [6, 6.07) is 0.452. The number of nitrogens with one attached hydrogen (secondary N) is 2. The summed E-state index contributed by atoms with van der Waals surface area (Å²) in [4.78, 5) is 36.2. The number of hydrogen-bond acceptors (Lipinski definition) is 4. The van der Waals surface area contributed by atoms with E-state index in [1.165, 1.54) is 0 Å². The normalized spacial score (nSPS) is 32.4. The van der Waals surface area contributed by atoms with Crippen LogP contribution in [-0.4, -0.2) is 63.3 Å². The van der Waals surface area contributed by atoms with Gasteiger partial charge in [0.2, 0.25) is 11.8 Å². The molecule has 4 heterocycles. The number of rotatable bonds is 4. The molecule has 3 saturated heterocycles. The molecule has 7 nitrogen and oxygen atoms in total. The van der Waals surface area contributed by atoms with Crippen LogP contribution in [0.2, 0.25) is 0 Å². The Bertz CT molecular complexity index is 631. The fraction of sp³-hybridized carbons (Fsp3) is 0.722. The van der Waals surface area contributed by atoms with Crippen LogP contribution in [0.4, 0.5) is 0 Å². The van der Waals surface area contributed by atoms with Crippen LogP contribution in [0.15, 0.2) is 12.4 Å². The number of hydrogen-bond donors (Lipinski definition) is 2. The zero-order valence-electron chi connectivity index (χ0n) is 14.8. The van der Waals surface area contributed by atoms with Gasteiger partial charge in [0.05, 0.1) is 12.6 Å². The zero-order chi connectivity index (χ0) is 17.4. The molecule has 0 aliphatic carbocycles. The van der Waals surface area contributed by atoms with E-state index in [4.69, 9.17) is 0 Å². The zero-order valence-corrected chi connectivity index (χ0v) is 14.8. The van der Waals surface area contributed by atoms with Crippen LogP contribution in [0.1, 0.15) is 38.4 Å². The van der Waals surface area contributed by atoms with E-state index in [1.54, 1.807) is 13.1 Å². The molecular weight excluding hydrogens is 318 g/mol. The molecule has 1 aromatic rings. The van der Waals surface area contributed by atoms with E-state index in [9.17, 15) is 9.59 Å². The van der Waals surface area contributed by atoms with E-state index >= 15 is 0 Å². The molecule has 0 spiro atoms. The lowest BCUT2D eigenvalue weighted by Crippen LogP contribution is -2.66. The van der Waals surface area contributed by atoms with Crippen molar-refractivity contribution in [3.8, 4) is 0 Å². The Hall–Kier alpha value is -1.89. The van der Waals surface area contributed by atoms with Crippen LogP contribution in [0.3, 0.4) is 0 Å². The first-order valence-electron chi connectivity index (χ1n) is 9.38. The number of nitrogens with zero attached hydrogens (tertiary/aromatic N) is 3. The minimum atomic E-state index is -0.0219. The first-order chi connectivity index (χ1) is 12.1. The molecule has 2 amide bonds. The molecule has 25 heavy (non-hydrogen) atoms. The molecule has 2 bridgehead atoms. The third kappa shape index (κ3) is 3.29. The highest BCUT2D eigenvalue weighted by Crippen LogP contribution is 2.41. The number of carbonyl (C=O) groups is 2. The number of aromatic nitrogens is 2. The van der Waals surface area contributed by atoms with Crippen molar-refractivity contribution in [2.24, 2.45) is 11.8 Å². The molecule has 2 N–H and O–H groups in total.